The Morgan fingerprint density at radius 3 is 2.53 bits per heavy atom. The molecular weight excluding hydrogens is 246 g/mol. The third-order valence-electron chi connectivity index (χ3n) is 2.39. The fourth-order valence-electron chi connectivity index (χ4n) is 1.44. The van der Waals surface area contributed by atoms with E-state index in [2.05, 4.69) is 0 Å². The van der Waals surface area contributed by atoms with Crippen molar-refractivity contribution < 1.29 is 20.1 Å². The monoisotopic (exact) mass is 259 g/mol. The van der Waals surface area contributed by atoms with E-state index in [1.165, 1.54) is 18.2 Å². The van der Waals surface area contributed by atoms with Crippen LogP contribution in [0, 0.1) is 0 Å². The standard InChI is InChI=1S/C11H14ClNO4/c12-8-5-6(11(16)17)1-2-7(8)10(15)9(14)3-4-13/h1-2,5,9-10,14-15H,3-4,13H2,(H,16,17). The van der Waals surface area contributed by atoms with Crippen LogP contribution in [0.4, 0.5) is 0 Å². The second-order valence-corrected chi connectivity index (χ2v) is 4.04. The highest BCUT2D eigenvalue weighted by atomic mass is 35.5. The van der Waals surface area contributed by atoms with Crippen LogP contribution in [0.1, 0.15) is 28.4 Å². The second-order valence-electron chi connectivity index (χ2n) is 3.63. The number of aliphatic hydroxyl groups excluding tert-OH is 2. The number of aromatic carboxylic acids is 1. The lowest BCUT2D eigenvalue weighted by atomic mass is 10.0. The molecule has 0 saturated carbocycles. The van der Waals surface area contributed by atoms with Crippen molar-refractivity contribution in [2.24, 2.45) is 5.73 Å². The summed E-state index contributed by atoms with van der Waals surface area (Å²) in [5, 5.41) is 28.2. The second kappa shape index (κ2) is 5.97. The van der Waals surface area contributed by atoms with Gasteiger partial charge < -0.3 is 21.1 Å². The molecule has 0 fully saturated rings. The average molecular weight is 260 g/mol. The van der Waals surface area contributed by atoms with Gasteiger partial charge in [0.15, 0.2) is 0 Å². The maximum Gasteiger partial charge on any atom is 0.335 e. The van der Waals surface area contributed by atoms with Crippen molar-refractivity contribution in [2.75, 3.05) is 6.54 Å². The SMILES string of the molecule is NCCC(O)C(O)c1ccc(C(=O)O)cc1Cl. The summed E-state index contributed by atoms with van der Waals surface area (Å²) in [6.07, 6.45) is -1.96. The lowest BCUT2D eigenvalue weighted by Gasteiger charge is -2.18. The molecule has 0 amide bonds. The maximum atomic E-state index is 10.7. The molecule has 2 atom stereocenters. The Hall–Kier alpha value is -1.14. The van der Waals surface area contributed by atoms with E-state index in [1.807, 2.05) is 0 Å². The molecule has 2 unspecified atom stereocenters. The lowest BCUT2D eigenvalue weighted by Crippen LogP contribution is -2.22. The number of nitrogens with two attached hydrogens (primary N) is 1. The number of halogens is 1. The number of hydrogen-bond acceptors (Lipinski definition) is 4. The normalized spacial score (nSPS) is 14.4. The van der Waals surface area contributed by atoms with E-state index in [1.54, 1.807) is 0 Å². The van der Waals surface area contributed by atoms with E-state index in [0.29, 0.717) is 0 Å². The summed E-state index contributed by atoms with van der Waals surface area (Å²) >= 11 is 5.85. The molecule has 0 saturated heterocycles. The molecule has 0 radical (unpaired) electrons. The highest BCUT2D eigenvalue weighted by Crippen LogP contribution is 2.27. The number of carbonyl (C=O) groups is 1. The first-order valence-electron chi connectivity index (χ1n) is 5.06. The van der Waals surface area contributed by atoms with E-state index < -0.39 is 18.2 Å². The van der Waals surface area contributed by atoms with Gasteiger partial charge in [-0.15, -0.1) is 0 Å². The molecule has 0 aliphatic rings. The molecule has 94 valence electrons. The van der Waals surface area contributed by atoms with Crippen molar-refractivity contribution in [1.82, 2.24) is 0 Å². The van der Waals surface area contributed by atoms with E-state index in [0.717, 1.165) is 0 Å². The summed E-state index contributed by atoms with van der Waals surface area (Å²) in [6, 6.07) is 3.94. The fourth-order valence-corrected chi connectivity index (χ4v) is 1.73. The summed E-state index contributed by atoms with van der Waals surface area (Å²) < 4.78 is 0. The molecule has 0 bridgehead atoms. The molecule has 0 aliphatic heterocycles. The van der Waals surface area contributed by atoms with E-state index in [9.17, 15) is 15.0 Å². The van der Waals surface area contributed by atoms with Gasteiger partial charge in [0.05, 0.1) is 11.7 Å². The highest BCUT2D eigenvalue weighted by Gasteiger charge is 2.20. The molecule has 17 heavy (non-hydrogen) atoms. The molecule has 0 heterocycles. The van der Waals surface area contributed by atoms with Crippen LogP contribution in [0.2, 0.25) is 5.02 Å². The molecular formula is C11H14ClNO4. The minimum atomic E-state index is -1.17. The Morgan fingerprint density at radius 2 is 2.06 bits per heavy atom. The summed E-state index contributed by atoms with van der Waals surface area (Å²) in [6.45, 7) is 0.239. The Morgan fingerprint density at radius 1 is 1.41 bits per heavy atom. The molecule has 1 rings (SSSR count). The van der Waals surface area contributed by atoms with Gasteiger partial charge in [0.2, 0.25) is 0 Å². The van der Waals surface area contributed by atoms with Gasteiger partial charge in [-0.1, -0.05) is 17.7 Å². The maximum absolute atomic E-state index is 10.7. The number of carboxylic acid groups (broad SMARTS) is 1. The first-order chi connectivity index (χ1) is 7.97. The van der Waals surface area contributed by atoms with Crippen molar-refractivity contribution in [3.8, 4) is 0 Å². The Balaban J connectivity index is 2.95. The van der Waals surface area contributed by atoms with Crippen molar-refractivity contribution in [1.29, 1.82) is 0 Å². The zero-order valence-electron chi connectivity index (χ0n) is 9.01. The zero-order chi connectivity index (χ0) is 13.0. The minimum Gasteiger partial charge on any atom is -0.478 e. The number of aliphatic hydroxyl groups is 2. The van der Waals surface area contributed by atoms with Crippen LogP contribution in [-0.4, -0.2) is 33.9 Å². The van der Waals surface area contributed by atoms with Gasteiger partial charge >= 0.3 is 5.97 Å². The minimum absolute atomic E-state index is 0.0271. The van der Waals surface area contributed by atoms with Crippen LogP contribution in [0.5, 0.6) is 0 Å². The van der Waals surface area contributed by atoms with Gasteiger partial charge in [0.25, 0.3) is 0 Å². The van der Waals surface area contributed by atoms with Crippen LogP contribution in [0.25, 0.3) is 0 Å². The number of carboxylic acids is 1. The molecule has 1 aromatic carbocycles. The molecule has 5 N–H and O–H groups in total. The third-order valence-corrected chi connectivity index (χ3v) is 2.72. The van der Waals surface area contributed by atoms with Gasteiger partial charge in [0.1, 0.15) is 6.10 Å². The predicted molar refractivity (Wildman–Crippen MR) is 63.0 cm³/mol. The van der Waals surface area contributed by atoms with Crippen LogP contribution in [0.3, 0.4) is 0 Å². The van der Waals surface area contributed by atoms with Crippen LogP contribution < -0.4 is 5.73 Å². The zero-order valence-corrected chi connectivity index (χ0v) is 9.76. The Kier molecular flexibility index (Phi) is 4.89. The molecule has 0 aliphatic carbocycles. The highest BCUT2D eigenvalue weighted by molar-refractivity contribution is 6.31. The van der Waals surface area contributed by atoms with E-state index in [4.69, 9.17) is 22.4 Å². The first-order valence-corrected chi connectivity index (χ1v) is 5.44. The lowest BCUT2D eigenvalue weighted by molar-refractivity contribution is 0.0150. The number of benzene rings is 1. The molecule has 1 aromatic rings. The van der Waals surface area contributed by atoms with Crippen LogP contribution in [0.15, 0.2) is 18.2 Å². The summed E-state index contributed by atoms with van der Waals surface area (Å²) in [5.41, 5.74) is 5.58. The Labute approximate surface area is 103 Å². The van der Waals surface area contributed by atoms with Crippen molar-refractivity contribution >= 4 is 17.6 Å². The number of rotatable bonds is 5. The largest absolute Gasteiger partial charge is 0.478 e. The van der Waals surface area contributed by atoms with Crippen LogP contribution >= 0.6 is 11.6 Å². The Bertz CT molecular complexity index is 410. The van der Waals surface area contributed by atoms with E-state index >= 15 is 0 Å². The van der Waals surface area contributed by atoms with Crippen molar-refractivity contribution in [3.63, 3.8) is 0 Å². The smallest absolute Gasteiger partial charge is 0.335 e. The molecule has 0 spiro atoms. The third kappa shape index (κ3) is 3.41. The van der Waals surface area contributed by atoms with Gasteiger partial charge in [-0.3, -0.25) is 0 Å². The fraction of sp³-hybridized carbons (Fsp3) is 0.364. The van der Waals surface area contributed by atoms with Crippen molar-refractivity contribution in [3.05, 3.63) is 34.3 Å². The van der Waals surface area contributed by atoms with Gasteiger partial charge in [-0.05, 0) is 25.1 Å². The van der Waals surface area contributed by atoms with E-state index in [-0.39, 0.29) is 29.1 Å². The van der Waals surface area contributed by atoms with Crippen LogP contribution in [-0.2, 0) is 0 Å². The van der Waals surface area contributed by atoms with Gasteiger partial charge in [-0.25, -0.2) is 4.79 Å². The molecule has 0 aromatic heterocycles. The summed E-state index contributed by atoms with van der Waals surface area (Å²) in [5.74, 6) is -1.10. The van der Waals surface area contributed by atoms with Gasteiger partial charge in [-0.2, -0.15) is 0 Å². The quantitative estimate of drug-likeness (QED) is 0.626. The average Bonchev–Trinajstić information content (AvgIpc) is 2.28. The predicted octanol–water partition coefficient (Wildman–Crippen LogP) is 0.781. The summed E-state index contributed by atoms with van der Waals surface area (Å²) in [4.78, 5) is 10.7. The number of hydrogen-bond donors (Lipinski definition) is 4. The van der Waals surface area contributed by atoms with Gasteiger partial charge in [0, 0.05) is 10.6 Å². The first kappa shape index (κ1) is 13.9. The molecule has 5 nitrogen and oxygen atoms in total. The topological polar surface area (TPSA) is 104 Å². The summed E-state index contributed by atoms with van der Waals surface area (Å²) in [7, 11) is 0. The van der Waals surface area contributed by atoms with Crippen molar-refractivity contribution in [2.45, 2.75) is 18.6 Å². The molecule has 6 heteroatoms.